The summed E-state index contributed by atoms with van der Waals surface area (Å²) in [7, 11) is 0. The molecule has 0 bridgehead atoms. The van der Waals surface area contributed by atoms with Crippen molar-refractivity contribution >= 4 is 15.9 Å². The van der Waals surface area contributed by atoms with E-state index in [0.717, 1.165) is 11.2 Å². The van der Waals surface area contributed by atoms with Crippen LogP contribution in [0.15, 0.2) is 24.3 Å². The van der Waals surface area contributed by atoms with Gasteiger partial charge >= 0.3 is 0 Å². The van der Waals surface area contributed by atoms with Crippen LogP contribution in [0.2, 0.25) is 0 Å². The van der Waals surface area contributed by atoms with Crippen LogP contribution in [-0.4, -0.2) is 5.33 Å². The summed E-state index contributed by atoms with van der Waals surface area (Å²) in [6.45, 7) is 4.02. The Hall–Kier alpha value is -0.0400. The maximum absolute atomic E-state index is 4.02. The molecule has 0 radical (unpaired) electrons. The Morgan fingerprint density at radius 3 is 2.90 bits per heavy atom. The Labute approximate surface area is 71.1 Å². The molecule has 0 fully saturated rings. The molecule has 1 aliphatic rings. The van der Waals surface area contributed by atoms with E-state index in [-0.39, 0.29) is 0 Å². The molecule has 1 heteroatoms. The monoisotopic (exact) mass is 200 g/mol. The van der Waals surface area contributed by atoms with Crippen molar-refractivity contribution in [3.8, 4) is 0 Å². The van der Waals surface area contributed by atoms with Crippen LogP contribution >= 0.6 is 15.9 Å². The van der Waals surface area contributed by atoms with Crippen LogP contribution in [0.25, 0.3) is 0 Å². The van der Waals surface area contributed by atoms with Gasteiger partial charge in [0.15, 0.2) is 0 Å². The van der Waals surface area contributed by atoms with Gasteiger partial charge in [0.2, 0.25) is 0 Å². The van der Waals surface area contributed by atoms with Gasteiger partial charge in [-0.3, -0.25) is 0 Å². The summed E-state index contributed by atoms with van der Waals surface area (Å²) in [5.74, 6) is 0.740. The molecule has 56 valence electrons. The SMILES string of the molecule is C=C(CBr)C1CC=CCC1. The zero-order valence-corrected chi connectivity index (χ0v) is 7.73. The molecule has 1 aliphatic carbocycles. The van der Waals surface area contributed by atoms with Crippen molar-refractivity contribution in [1.29, 1.82) is 0 Å². The van der Waals surface area contributed by atoms with Crippen molar-refractivity contribution in [3.63, 3.8) is 0 Å². The first-order valence-electron chi connectivity index (χ1n) is 3.73. The first-order valence-corrected chi connectivity index (χ1v) is 4.85. The third kappa shape index (κ3) is 1.98. The average molecular weight is 201 g/mol. The van der Waals surface area contributed by atoms with E-state index in [4.69, 9.17) is 0 Å². The largest absolute Gasteiger partial charge is 0.0987 e. The van der Waals surface area contributed by atoms with Crippen molar-refractivity contribution < 1.29 is 0 Å². The molecule has 10 heavy (non-hydrogen) atoms. The quantitative estimate of drug-likeness (QED) is 0.475. The summed E-state index contributed by atoms with van der Waals surface area (Å²) in [5.41, 5.74) is 1.35. The molecule has 0 amide bonds. The highest BCUT2D eigenvalue weighted by Gasteiger charge is 2.11. The average Bonchev–Trinajstić information content (AvgIpc) is 2.05. The summed E-state index contributed by atoms with van der Waals surface area (Å²) in [6.07, 6.45) is 8.25. The van der Waals surface area contributed by atoms with Gasteiger partial charge in [-0.25, -0.2) is 0 Å². The molecule has 1 rings (SSSR count). The Morgan fingerprint density at radius 2 is 2.40 bits per heavy atom. The summed E-state index contributed by atoms with van der Waals surface area (Å²) < 4.78 is 0. The number of alkyl halides is 1. The normalized spacial score (nSPS) is 24.7. The van der Waals surface area contributed by atoms with Crippen LogP contribution in [0, 0.1) is 5.92 Å². The highest BCUT2D eigenvalue weighted by atomic mass is 79.9. The fourth-order valence-corrected chi connectivity index (χ4v) is 1.73. The van der Waals surface area contributed by atoms with E-state index >= 15 is 0 Å². The van der Waals surface area contributed by atoms with E-state index in [1.807, 2.05) is 0 Å². The van der Waals surface area contributed by atoms with Gasteiger partial charge < -0.3 is 0 Å². The molecule has 1 unspecified atom stereocenters. The predicted molar refractivity (Wildman–Crippen MR) is 49.4 cm³/mol. The summed E-state index contributed by atoms with van der Waals surface area (Å²) in [5, 5.41) is 0.964. The number of halogens is 1. The first kappa shape index (κ1) is 8.06. The lowest BCUT2D eigenvalue weighted by molar-refractivity contribution is 0.557. The van der Waals surface area contributed by atoms with Gasteiger partial charge in [0, 0.05) is 5.33 Å². The van der Waals surface area contributed by atoms with Crippen molar-refractivity contribution in [1.82, 2.24) is 0 Å². The van der Waals surface area contributed by atoms with Crippen LogP contribution in [0.1, 0.15) is 19.3 Å². The van der Waals surface area contributed by atoms with Gasteiger partial charge in [-0.2, -0.15) is 0 Å². The third-order valence-corrected chi connectivity index (χ3v) is 2.74. The number of allylic oxidation sites excluding steroid dienone is 3. The minimum absolute atomic E-state index is 0.740. The highest BCUT2D eigenvalue weighted by Crippen LogP contribution is 2.25. The fourth-order valence-electron chi connectivity index (χ4n) is 1.27. The molecule has 0 spiro atoms. The summed E-state index contributed by atoms with van der Waals surface area (Å²) in [4.78, 5) is 0. The van der Waals surface area contributed by atoms with Crippen LogP contribution in [0.4, 0.5) is 0 Å². The minimum Gasteiger partial charge on any atom is -0.0987 e. The Morgan fingerprint density at radius 1 is 1.60 bits per heavy atom. The molecule has 0 aromatic carbocycles. The molecule has 0 nitrogen and oxygen atoms in total. The molecule has 0 aliphatic heterocycles. The highest BCUT2D eigenvalue weighted by molar-refractivity contribution is 9.09. The van der Waals surface area contributed by atoms with Gasteiger partial charge in [0.05, 0.1) is 0 Å². The van der Waals surface area contributed by atoms with E-state index in [9.17, 15) is 0 Å². The lowest BCUT2D eigenvalue weighted by Crippen LogP contribution is -2.05. The Bertz CT molecular complexity index is 147. The van der Waals surface area contributed by atoms with Gasteiger partial charge in [0.25, 0.3) is 0 Å². The maximum atomic E-state index is 4.02. The van der Waals surface area contributed by atoms with E-state index in [1.165, 1.54) is 24.8 Å². The lowest BCUT2D eigenvalue weighted by Gasteiger charge is -2.18. The van der Waals surface area contributed by atoms with Crippen molar-refractivity contribution in [2.75, 3.05) is 5.33 Å². The van der Waals surface area contributed by atoms with E-state index < -0.39 is 0 Å². The standard InChI is InChI=1S/C9H13Br/c1-8(7-10)9-5-3-2-4-6-9/h2-3,9H,1,4-7H2. The van der Waals surface area contributed by atoms with Crippen LogP contribution in [0.3, 0.4) is 0 Å². The second-order valence-corrected chi connectivity index (χ2v) is 3.33. The van der Waals surface area contributed by atoms with Gasteiger partial charge in [0.1, 0.15) is 0 Å². The smallest absolute Gasteiger partial charge is 0.0242 e. The van der Waals surface area contributed by atoms with Crippen LogP contribution in [0.5, 0.6) is 0 Å². The summed E-state index contributed by atoms with van der Waals surface area (Å²) >= 11 is 3.43. The van der Waals surface area contributed by atoms with E-state index in [0.29, 0.717) is 0 Å². The first-order chi connectivity index (χ1) is 4.84. The Balaban J connectivity index is 2.41. The van der Waals surface area contributed by atoms with E-state index in [1.54, 1.807) is 0 Å². The van der Waals surface area contributed by atoms with Crippen molar-refractivity contribution in [2.45, 2.75) is 19.3 Å². The maximum Gasteiger partial charge on any atom is 0.0242 e. The molecule has 1 atom stereocenters. The molecule has 0 saturated carbocycles. The zero-order valence-electron chi connectivity index (χ0n) is 6.15. The second kappa shape index (κ2) is 3.97. The van der Waals surface area contributed by atoms with Crippen LogP contribution < -0.4 is 0 Å². The fraction of sp³-hybridized carbons (Fsp3) is 0.556. The number of hydrogen-bond donors (Lipinski definition) is 0. The number of hydrogen-bond acceptors (Lipinski definition) is 0. The molecular formula is C9H13Br. The lowest BCUT2D eigenvalue weighted by atomic mass is 9.89. The second-order valence-electron chi connectivity index (χ2n) is 2.77. The Kier molecular flexibility index (Phi) is 3.20. The molecule has 0 heterocycles. The van der Waals surface area contributed by atoms with Gasteiger partial charge in [-0.1, -0.05) is 40.2 Å². The van der Waals surface area contributed by atoms with E-state index in [2.05, 4.69) is 34.7 Å². The molecule has 0 aromatic heterocycles. The molecular weight excluding hydrogens is 188 g/mol. The van der Waals surface area contributed by atoms with Gasteiger partial charge in [-0.05, 0) is 25.2 Å². The van der Waals surface area contributed by atoms with Gasteiger partial charge in [-0.15, -0.1) is 0 Å². The zero-order chi connectivity index (χ0) is 7.40. The summed E-state index contributed by atoms with van der Waals surface area (Å²) in [6, 6.07) is 0. The van der Waals surface area contributed by atoms with Crippen molar-refractivity contribution in [2.24, 2.45) is 5.92 Å². The number of rotatable bonds is 2. The topological polar surface area (TPSA) is 0 Å². The van der Waals surface area contributed by atoms with Crippen molar-refractivity contribution in [3.05, 3.63) is 24.3 Å². The predicted octanol–water partition coefficient (Wildman–Crippen LogP) is 3.29. The molecule has 0 aromatic rings. The molecule has 0 N–H and O–H groups in total. The molecule has 0 saturated heterocycles. The minimum atomic E-state index is 0.740. The third-order valence-electron chi connectivity index (χ3n) is 2.02. The van der Waals surface area contributed by atoms with Crippen LogP contribution in [-0.2, 0) is 0 Å².